The van der Waals surface area contributed by atoms with Gasteiger partial charge in [-0.1, -0.05) is 30.3 Å². The molecule has 0 saturated carbocycles. The van der Waals surface area contributed by atoms with Gasteiger partial charge in [0.1, 0.15) is 24.7 Å². The van der Waals surface area contributed by atoms with Crippen molar-refractivity contribution >= 4 is 51.5 Å². The summed E-state index contributed by atoms with van der Waals surface area (Å²) in [5.74, 6) is 1.23. The minimum atomic E-state index is -0.258. The summed E-state index contributed by atoms with van der Waals surface area (Å²) in [4.78, 5) is 12.3. The van der Waals surface area contributed by atoms with Crippen LogP contribution < -0.4 is 20.1 Å². The molecule has 148 valence electrons. The van der Waals surface area contributed by atoms with Crippen LogP contribution in [0.3, 0.4) is 0 Å². The van der Waals surface area contributed by atoms with Crippen LogP contribution in [0.15, 0.2) is 78.9 Å². The van der Waals surface area contributed by atoms with Gasteiger partial charge in [0, 0.05) is 20.9 Å². The van der Waals surface area contributed by atoms with Crippen LogP contribution in [-0.2, 0) is 0 Å². The van der Waals surface area contributed by atoms with E-state index in [4.69, 9.17) is 21.7 Å². The van der Waals surface area contributed by atoms with E-state index < -0.39 is 0 Å². The van der Waals surface area contributed by atoms with Gasteiger partial charge in [-0.05, 0) is 77.3 Å². The first-order valence-electron chi connectivity index (χ1n) is 8.89. The zero-order chi connectivity index (χ0) is 20.5. The predicted octanol–water partition coefficient (Wildman–Crippen LogP) is 4.88. The van der Waals surface area contributed by atoms with E-state index in [1.807, 2.05) is 66.7 Å². The Balaban J connectivity index is 1.47. The lowest BCUT2D eigenvalue weighted by atomic mass is 10.2. The summed E-state index contributed by atoms with van der Waals surface area (Å²) in [6.07, 6.45) is 0. The van der Waals surface area contributed by atoms with Crippen LogP contribution in [0.5, 0.6) is 11.5 Å². The van der Waals surface area contributed by atoms with Gasteiger partial charge >= 0.3 is 0 Å². The maximum Gasteiger partial charge on any atom is 0.257 e. The van der Waals surface area contributed by atoms with Gasteiger partial charge < -0.3 is 14.8 Å². The fraction of sp³-hybridized carbons (Fsp3) is 0.0909. The molecule has 0 unspecified atom stereocenters. The van der Waals surface area contributed by atoms with Gasteiger partial charge in [-0.15, -0.1) is 0 Å². The Morgan fingerprint density at radius 2 is 1.55 bits per heavy atom. The molecule has 2 N–H and O–H groups in total. The molecule has 0 aromatic heterocycles. The molecular weight excluding hydrogens is 499 g/mol. The Morgan fingerprint density at radius 1 is 0.862 bits per heavy atom. The molecule has 3 rings (SSSR count). The molecule has 7 heteroatoms. The summed E-state index contributed by atoms with van der Waals surface area (Å²) in [7, 11) is 0. The number of thiocarbonyl (C=S) groups is 1. The first kappa shape index (κ1) is 21.1. The molecule has 0 aliphatic heterocycles. The van der Waals surface area contributed by atoms with Crippen LogP contribution in [0, 0.1) is 3.57 Å². The summed E-state index contributed by atoms with van der Waals surface area (Å²) in [6.45, 7) is 0.845. The number of nitrogens with one attached hydrogen (secondary N) is 2. The first-order valence-corrected chi connectivity index (χ1v) is 10.4. The van der Waals surface area contributed by atoms with Crippen molar-refractivity contribution in [1.29, 1.82) is 0 Å². The van der Waals surface area contributed by atoms with Gasteiger partial charge in [-0.2, -0.15) is 0 Å². The standard InChI is InChI=1S/C22H19IN2O3S/c23-17-7-4-6-16(14-17)21(26)25-22(29)24-18-8-5-11-20(15-18)28-13-12-27-19-9-2-1-3-10-19/h1-11,14-15H,12-13H2,(H2,24,25,26,29). The molecule has 29 heavy (non-hydrogen) atoms. The van der Waals surface area contributed by atoms with Gasteiger partial charge in [-0.3, -0.25) is 10.1 Å². The number of anilines is 1. The molecule has 0 atom stereocenters. The van der Waals surface area contributed by atoms with Gasteiger partial charge in [0.25, 0.3) is 5.91 Å². The lowest BCUT2D eigenvalue weighted by molar-refractivity contribution is 0.0977. The van der Waals surface area contributed by atoms with Crippen molar-refractivity contribution < 1.29 is 14.3 Å². The van der Waals surface area contributed by atoms with Gasteiger partial charge in [0.05, 0.1) is 0 Å². The monoisotopic (exact) mass is 518 g/mol. The van der Waals surface area contributed by atoms with Crippen LogP contribution in [0.2, 0.25) is 0 Å². The van der Waals surface area contributed by atoms with E-state index in [0.29, 0.717) is 24.5 Å². The number of hydrogen-bond donors (Lipinski definition) is 2. The van der Waals surface area contributed by atoms with Gasteiger partial charge in [-0.25, -0.2) is 0 Å². The van der Waals surface area contributed by atoms with Gasteiger partial charge in [0.2, 0.25) is 0 Å². The van der Waals surface area contributed by atoms with Crippen molar-refractivity contribution in [3.05, 3.63) is 88.0 Å². The fourth-order valence-corrected chi connectivity index (χ4v) is 3.22. The summed E-state index contributed by atoms with van der Waals surface area (Å²) < 4.78 is 12.3. The minimum Gasteiger partial charge on any atom is -0.490 e. The van der Waals surface area contributed by atoms with Crippen LogP contribution in [0.25, 0.3) is 0 Å². The van der Waals surface area contributed by atoms with Crippen LogP contribution >= 0.6 is 34.8 Å². The van der Waals surface area contributed by atoms with Crippen molar-refractivity contribution in [1.82, 2.24) is 5.32 Å². The molecule has 0 aliphatic rings. The number of amides is 1. The molecule has 1 amide bonds. The van der Waals surface area contributed by atoms with Crippen LogP contribution in [0.1, 0.15) is 10.4 Å². The number of ether oxygens (including phenoxy) is 2. The van der Waals surface area contributed by atoms with Crippen molar-refractivity contribution in [2.45, 2.75) is 0 Å². The van der Waals surface area contributed by atoms with E-state index in [2.05, 4.69) is 33.2 Å². The molecule has 3 aromatic rings. The maximum atomic E-state index is 12.3. The Kier molecular flexibility index (Phi) is 7.83. The topological polar surface area (TPSA) is 59.6 Å². The van der Waals surface area contributed by atoms with Crippen molar-refractivity contribution in [2.24, 2.45) is 0 Å². The average molecular weight is 518 g/mol. The van der Waals surface area contributed by atoms with Crippen LogP contribution in [0.4, 0.5) is 5.69 Å². The highest BCUT2D eigenvalue weighted by atomic mass is 127. The summed E-state index contributed by atoms with van der Waals surface area (Å²) in [5, 5.41) is 5.90. The second-order valence-corrected chi connectivity index (χ2v) is 7.61. The fourth-order valence-electron chi connectivity index (χ4n) is 2.47. The third kappa shape index (κ3) is 7.03. The lowest BCUT2D eigenvalue weighted by Gasteiger charge is -2.12. The minimum absolute atomic E-state index is 0.221. The number of benzene rings is 3. The first-order chi connectivity index (χ1) is 14.1. The normalized spacial score (nSPS) is 10.1. The van der Waals surface area contributed by atoms with Crippen molar-refractivity contribution in [3.63, 3.8) is 0 Å². The molecule has 0 saturated heterocycles. The number of rotatable bonds is 7. The average Bonchev–Trinajstić information content (AvgIpc) is 2.72. The Hall–Kier alpha value is -2.65. The highest BCUT2D eigenvalue weighted by Gasteiger charge is 2.08. The third-order valence-corrected chi connectivity index (χ3v) is 4.64. The summed E-state index contributed by atoms with van der Waals surface area (Å²) >= 11 is 7.40. The molecule has 3 aromatic carbocycles. The maximum absolute atomic E-state index is 12.3. The van der Waals surface area contributed by atoms with Crippen LogP contribution in [-0.4, -0.2) is 24.2 Å². The number of para-hydroxylation sites is 1. The number of carbonyl (C=O) groups excluding carboxylic acids is 1. The SMILES string of the molecule is O=C(NC(=S)Nc1cccc(OCCOc2ccccc2)c1)c1cccc(I)c1. The Bertz CT molecular complexity index is 983. The second kappa shape index (κ2) is 10.8. The molecular formula is C22H19IN2O3S. The highest BCUT2D eigenvalue weighted by Crippen LogP contribution is 2.17. The Morgan fingerprint density at radius 3 is 2.31 bits per heavy atom. The molecule has 0 fully saturated rings. The van der Waals surface area contributed by atoms with E-state index >= 15 is 0 Å². The second-order valence-electron chi connectivity index (χ2n) is 5.96. The number of carbonyl (C=O) groups is 1. The molecule has 0 bridgehead atoms. The molecule has 0 spiro atoms. The third-order valence-electron chi connectivity index (χ3n) is 3.77. The highest BCUT2D eigenvalue weighted by molar-refractivity contribution is 14.1. The van der Waals surface area contributed by atoms with E-state index in [1.54, 1.807) is 12.1 Å². The molecule has 0 radical (unpaired) electrons. The smallest absolute Gasteiger partial charge is 0.257 e. The number of hydrogen-bond acceptors (Lipinski definition) is 4. The van der Waals surface area contributed by atoms with E-state index in [1.165, 1.54) is 0 Å². The van der Waals surface area contributed by atoms with E-state index in [9.17, 15) is 4.79 Å². The molecule has 0 aliphatic carbocycles. The van der Waals surface area contributed by atoms with E-state index in [-0.39, 0.29) is 11.0 Å². The summed E-state index contributed by atoms with van der Waals surface area (Å²) in [5.41, 5.74) is 1.27. The Labute approximate surface area is 188 Å². The van der Waals surface area contributed by atoms with E-state index in [0.717, 1.165) is 15.0 Å². The zero-order valence-corrected chi connectivity index (χ0v) is 18.4. The quantitative estimate of drug-likeness (QED) is 0.266. The summed E-state index contributed by atoms with van der Waals surface area (Å²) in [6, 6.07) is 24.2. The van der Waals surface area contributed by atoms with Gasteiger partial charge in [0.15, 0.2) is 5.11 Å². The predicted molar refractivity (Wildman–Crippen MR) is 127 cm³/mol. The van der Waals surface area contributed by atoms with Crippen molar-refractivity contribution in [3.8, 4) is 11.5 Å². The lowest BCUT2D eigenvalue weighted by Crippen LogP contribution is -2.34. The van der Waals surface area contributed by atoms with Crippen molar-refractivity contribution in [2.75, 3.05) is 18.5 Å². The number of halogens is 1. The molecule has 5 nitrogen and oxygen atoms in total. The largest absolute Gasteiger partial charge is 0.490 e. The molecule has 0 heterocycles. The zero-order valence-electron chi connectivity index (χ0n) is 15.4.